The average molecular weight is 417 g/mol. The monoisotopic (exact) mass is 417 g/mol. The van der Waals surface area contributed by atoms with Gasteiger partial charge >= 0.3 is 29.6 Å². The fourth-order valence-electron chi connectivity index (χ4n) is 2.30. The van der Waals surface area contributed by atoms with Crippen LogP contribution in [-0.2, 0) is 10.1 Å². The van der Waals surface area contributed by atoms with E-state index in [4.69, 9.17) is 9.29 Å². The number of hydrogen-bond acceptors (Lipinski definition) is 6. The number of nitrogens with one attached hydrogen (secondary N) is 1. The van der Waals surface area contributed by atoms with E-state index in [2.05, 4.69) is 4.98 Å². The van der Waals surface area contributed by atoms with Crippen LogP contribution in [0.4, 0.5) is 0 Å². The molecule has 0 unspecified atom stereocenters. The van der Waals surface area contributed by atoms with E-state index in [0.717, 1.165) is 6.08 Å². The van der Waals surface area contributed by atoms with Gasteiger partial charge in [0.1, 0.15) is 17.1 Å². The molecule has 2 rings (SSSR count). The predicted molar refractivity (Wildman–Crippen MR) is 107 cm³/mol. The molecule has 0 fully saturated rings. The molecule has 1 heterocycles. The number of pyridine rings is 1. The number of allylic oxidation sites excluding steroid dienone is 1. The van der Waals surface area contributed by atoms with Crippen molar-refractivity contribution < 1.29 is 27.6 Å². The molecule has 0 amide bonds. The number of aromatic hydroxyl groups is 1. The van der Waals surface area contributed by atoms with Crippen LogP contribution in [0.5, 0.6) is 11.5 Å². The summed E-state index contributed by atoms with van der Waals surface area (Å²) in [6, 6.07) is 7.95. The van der Waals surface area contributed by atoms with Gasteiger partial charge in [-0.1, -0.05) is 18.2 Å². The fourth-order valence-corrected chi connectivity index (χ4v) is 2.79. The third kappa shape index (κ3) is 7.61. The molecule has 0 aliphatic carbocycles. The Morgan fingerprint density at radius 1 is 1.29 bits per heavy atom. The topological polar surface area (TPSA) is 134 Å². The van der Waals surface area contributed by atoms with Crippen molar-refractivity contribution in [1.29, 1.82) is 0 Å². The van der Waals surface area contributed by atoms with Gasteiger partial charge < -0.3 is 14.8 Å². The molecular formula is C18H20NNaO7S. The molecule has 1 aromatic carbocycles. The van der Waals surface area contributed by atoms with Gasteiger partial charge in [0.2, 0.25) is 0 Å². The number of ketones is 1. The fraction of sp³-hybridized carbons (Fsp3) is 0.222. The van der Waals surface area contributed by atoms with Crippen molar-refractivity contribution in [2.45, 2.75) is 13.3 Å². The molecule has 1 aromatic heterocycles. The number of benzene rings is 1. The Morgan fingerprint density at radius 2 is 2.00 bits per heavy atom. The van der Waals surface area contributed by atoms with Gasteiger partial charge in [0.15, 0.2) is 5.78 Å². The Labute approximate surface area is 184 Å². The van der Waals surface area contributed by atoms with Crippen molar-refractivity contribution in [3.05, 3.63) is 63.6 Å². The summed E-state index contributed by atoms with van der Waals surface area (Å²) in [4.78, 5) is 26.5. The molecular weight excluding hydrogens is 397 g/mol. The van der Waals surface area contributed by atoms with Crippen LogP contribution in [0.3, 0.4) is 0 Å². The molecule has 0 radical (unpaired) electrons. The predicted octanol–water partition coefficient (Wildman–Crippen LogP) is 1.29. The normalized spacial score (nSPS) is 11.2. The Bertz CT molecular complexity index is 1030. The van der Waals surface area contributed by atoms with Gasteiger partial charge in [-0.25, -0.2) is 0 Å². The molecule has 146 valence electrons. The summed E-state index contributed by atoms with van der Waals surface area (Å²) in [6.07, 6.45) is 2.76. The van der Waals surface area contributed by atoms with E-state index in [9.17, 15) is 23.1 Å². The number of aromatic amines is 1. The molecule has 2 aromatic rings. The average Bonchev–Trinajstić information content (AvgIpc) is 2.55. The second kappa shape index (κ2) is 10.6. The van der Waals surface area contributed by atoms with E-state index in [0.29, 0.717) is 17.0 Å². The van der Waals surface area contributed by atoms with Gasteiger partial charge in [0, 0.05) is 5.69 Å². The van der Waals surface area contributed by atoms with Crippen molar-refractivity contribution in [1.82, 2.24) is 4.98 Å². The number of aromatic nitrogens is 1. The van der Waals surface area contributed by atoms with Gasteiger partial charge in [-0.05, 0) is 43.2 Å². The van der Waals surface area contributed by atoms with Crippen molar-refractivity contribution in [2.24, 2.45) is 0 Å². The molecule has 0 bridgehead atoms. The Kier molecular flexibility index (Phi) is 9.12. The molecule has 0 aliphatic heterocycles. The van der Waals surface area contributed by atoms with Crippen LogP contribution < -0.4 is 10.3 Å². The number of hydrogen-bond donors (Lipinski definition) is 3. The number of carbonyl (C=O) groups excluding carboxylic acids is 1. The van der Waals surface area contributed by atoms with Crippen LogP contribution >= 0.6 is 0 Å². The SMILES string of the molecule is Cc1cc(O)c(C(=O)C=Cc2cccc(OCCCS(=O)(=O)O)c2)c(=O)[nH]1.[NaH]. The standard InChI is InChI=1S/C18H19NO7S.Na.H/c1-12-10-16(21)17(18(22)19-12)15(20)7-6-13-4-2-5-14(11-13)26-8-3-9-27(23,24)25;;/h2,4-7,10-11H,3,8-9H2,1H3,(H2,19,21,22)(H,23,24,25);;. The van der Waals surface area contributed by atoms with Crippen molar-refractivity contribution in [2.75, 3.05) is 12.4 Å². The van der Waals surface area contributed by atoms with Crippen LogP contribution in [0.1, 0.15) is 28.0 Å². The Balaban J connectivity index is 0.00000392. The van der Waals surface area contributed by atoms with E-state index in [1.54, 1.807) is 31.2 Å². The molecule has 8 nitrogen and oxygen atoms in total. The minimum absolute atomic E-state index is 0. The summed E-state index contributed by atoms with van der Waals surface area (Å²) in [5, 5.41) is 9.81. The summed E-state index contributed by atoms with van der Waals surface area (Å²) in [6.45, 7) is 1.69. The molecule has 0 aliphatic rings. The molecule has 28 heavy (non-hydrogen) atoms. The van der Waals surface area contributed by atoms with E-state index >= 15 is 0 Å². The maximum absolute atomic E-state index is 12.2. The first-order valence-corrected chi connectivity index (χ1v) is 9.60. The first kappa shape index (κ1) is 24.1. The molecule has 0 atom stereocenters. The minimum atomic E-state index is -4.02. The van der Waals surface area contributed by atoms with Crippen LogP contribution in [0.2, 0.25) is 0 Å². The Morgan fingerprint density at radius 3 is 2.64 bits per heavy atom. The number of H-pyrrole nitrogens is 1. The zero-order chi connectivity index (χ0) is 20.0. The van der Waals surface area contributed by atoms with Gasteiger partial charge in [0.05, 0.1) is 12.4 Å². The van der Waals surface area contributed by atoms with Crippen molar-refractivity contribution in [3.8, 4) is 11.5 Å². The van der Waals surface area contributed by atoms with Gasteiger partial charge in [0.25, 0.3) is 15.7 Å². The van der Waals surface area contributed by atoms with Gasteiger partial charge in [-0.15, -0.1) is 0 Å². The number of ether oxygens (including phenoxy) is 1. The van der Waals surface area contributed by atoms with E-state index in [1.165, 1.54) is 12.1 Å². The second-order valence-corrected chi connectivity index (χ2v) is 7.37. The van der Waals surface area contributed by atoms with Crippen LogP contribution in [0.25, 0.3) is 6.08 Å². The van der Waals surface area contributed by atoms with Crippen LogP contribution in [-0.4, -0.2) is 70.8 Å². The second-order valence-electron chi connectivity index (χ2n) is 5.80. The van der Waals surface area contributed by atoms with Crippen molar-refractivity contribution in [3.63, 3.8) is 0 Å². The summed E-state index contributed by atoms with van der Waals surface area (Å²) in [5.41, 5.74) is 0.0445. The molecule has 0 saturated carbocycles. The van der Waals surface area contributed by atoms with E-state index < -0.39 is 27.2 Å². The summed E-state index contributed by atoms with van der Waals surface area (Å²) >= 11 is 0. The van der Waals surface area contributed by atoms with Crippen LogP contribution in [0.15, 0.2) is 41.2 Å². The third-order valence-corrected chi connectivity index (χ3v) is 4.30. The summed E-state index contributed by atoms with van der Waals surface area (Å²) < 4.78 is 35.3. The number of carbonyl (C=O) groups is 1. The summed E-state index contributed by atoms with van der Waals surface area (Å²) in [5.74, 6) is -0.971. The van der Waals surface area contributed by atoms with Gasteiger partial charge in [-0.3, -0.25) is 14.1 Å². The Hall–Kier alpha value is -1.91. The third-order valence-electron chi connectivity index (χ3n) is 3.49. The molecule has 0 saturated heterocycles. The summed E-state index contributed by atoms with van der Waals surface area (Å²) in [7, 11) is -4.02. The molecule has 0 spiro atoms. The quantitative estimate of drug-likeness (QED) is 0.194. The zero-order valence-electron chi connectivity index (χ0n) is 14.5. The maximum atomic E-state index is 12.2. The van der Waals surface area contributed by atoms with Crippen molar-refractivity contribution >= 4 is 51.5 Å². The van der Waals surface area contributed by atoms with Gasteiger partial charge in [-0.2, -0.15) is 8.42 Å². The van der Waals surface area contributed by atoms with E-state index in [-0.39, 0.29) is 53.9 Å². The number of rotatable bonds is 8. The van der Waals surface area contributed by atoms with Crippen LogP contribution in [0, 0.1) is 6.92 Å². The molecule has 3 N–H and O–H groups in total. The number of aryl methyl sites for hydroxylation is 1. The first-order chi connectivity index (χ1) is 12.7. The zero-order valence-corrected chi connectivity index (χ0v) is 15.3. The van der Waals surface area contributed by atoms with E-state index in [1.807, 2.05) is 0 Å². The first-order valence-electron chi connectivity index (χ1n) is 7.99. The molecule has 10 heteroatoms.